The molecule has 1 aromatic carbocycles. The normalized spacial score (nSPS) is 13.3. The summed E-state index contributed by atoms with van der Waals surface area (Å²) in [5.41, 5.74) is 7.19. The van der Waals surface area contributed by atoms with Crippen molar-refractivity contribution >= 4 is 12.0 Å². The lowest BCUT2D eigenvalue weighted by atomic mass is 10.1. The van der Waals surface area contributed by atoms with Crippen LogP contribution in [-0.4, -0.2) is 18.6 Å². The van der Waals surface area contributed by atoms with Crippen LogP contribution in [0, 0.1) is 0 Å². The average molecular weight is 219 g/mol. The van der Waals surface area contributed by atoms with Crippen LogP contribution in [0.2, 0.25) is 0 Å². The fourth-order valence-corrected chi connectivity index (χ4v) is 1.32. The van der Waals surface area contributed by atoms with Crippen molar-refractivity contribution in [1.82, 2.24) is 0 Å². The third-order valence-electron chi connectivity index (χ3n) is 2.12. The van der Waals surface area contributed by atoms with E-state index in [1.807, 2.05) is 30.3 Å². The van der Waals surface area contributed by atoms with Crippen molar-refractivity contribution in [1.29, 1.82) is 0 Å². The summed E-state index contributed by atoms with van der Waals surface area (Å²) in [4.78, 5) is 11.6. The molecule has 0 aromatic heterocycles. The third-order valence-corrected chi connectivity index (χ3v) is 2.12. The maximum absolute atomic E-state index is 11.6. The first kappa shape index (κ1) is 12.5. The highest BCUT2D eigenvalue weighted by atomic mass is 16.5. The van der Waals surface area contributed by atoms with E-state index in [1.165, 1.54) is 0 Å². The number of hydrogen-bond donors (Lipinski definition) is 1. The summed E-state index contributed by atoms with van der Waals surface area (Å²) in [6, 6.07) is 9.25. The second-order valence-corrected chi connectivity index (χ2v) is 3.52. The molecule has 16 heavy (non-hydrogen) atoms. The first-order valence-corrected chi connectivity index (χ1v) is 5.34. The van der Waals surface area contributed by atoms with E-state index in [1.54, 1.807) is 19.9 Å². The minimum Gasteiger partial charge on any atom is -0.463 e. The molecule has 0 aliphatic rings. The number of benzene rings is 1. The summed E-state index contributed by atoms with van der Waals surface area (Å²) in [7, 11) is 0. The summed E-state index contributed by atoms with van der Waals surface area (Å²) in [6.07, 6.45) is 1.77. The maximum atomic E-state index is 11.6. The molecule has 0 heterocycles. The molecule has 3 nitrogen and oxygen atoms in total. The Labute approximate surface area is 95.9 Å². The van der Waals surface area contributed by atoms with Gasteiger partial charge >= 0.3 is 5.97 Å². The van der Waals surface area contributed by atoms with E-state index in [0.717, 1.165) is 5.56 Å². The summed E-state index contributed by atoms with van der Waals surface area (Å²) >= 11 is 0. The van der Waals surface area contributed by atoms with Gasteiger partial charge in [0, 0.05) is 6.04 Å². The molecular weight excluding hydrogens is 202 g/mol. The molecule has 0 spiro atoms. The van der Waals surface area contributed by atoms with Crippen molar-refractivity contribution in [2.45, 2.75) is 19.9 Å². The average Bonchev–Trinajstić information content (AvgIpc) is 2.27. The molecule has 0 amide bonds. The van der Waals surface area contributed by atoms with E-state index in [9.17, 15) is 4.79 Å². The van der Waals surface area contributed by atoms with Crippen LogP contribution in [0.25, 0.3) is 6.08 Å². The Balaban J connectivity index is 2.94. The van der Waals surface area contributed by atoms with Gasteiger partial charge in [0.15, 0.2) is 0 Å². The third kappa shape index (κ3) is 3.51. The van der Waals surface area contributed by atoms with Gasteiger partial charge in [-0.05, 0) is 25.5 Å². The molecule has 0 aliphatic carbocycles. The predicted octanol–water partition coefficient (Wildman–Crippen LogP) is 1.98. The van der Waals surface area contributed by atoms with Crippen LogP contribution < -0.4 is 5.73 Å². The number of carbonyl (C=O) groups is 1. The number of ether oxygens (including phenoxy) is 1. The molecule has 0 bridgehead atoms. The van der Waals surface area contributed by atoms with Crippen LogP contribution in [-0.2, 0) is 9.53 Å². The zero-order valence-electron chi connectivity index (χ0n) is 9.64. The number of carbonyl (C=O) groups excluding carboxylic acids is 1. The van der Waals surface area contributed by atoms with Gasteiger partial charge in [-0.1, -0.05) is 30.3 Å². The van der Waals surface area contributed by atoms with Crippen LogP contribution in [0.3, 0.4) is 0 Å². The van der Waals surface area contributed by atoms with Crippen molar-refractivity contribution in [2.75, 3.05) is 6.61 Å². The van der Waals surface area contributed by atoms with E-state index < -0.39 is 0 Å². The Hall–Kier alpha value is -1.61. The van der Waals surface area contributed by atoms with Gasteiger partial charge in [0.2, 0.25) is 0 Å². The van der Waals surface area contributed by atoms with Gasteiger partial charge in [-0.3, -0.25) is 0 Å². The zero-order valence-corrected chi connectivity index (χ0v) is 9.64. The van der Waals surface area contributed by atoms with Crippen molar-refractivity contribution in [3.05, 3.63) is 41.5 Å². The van der Waals surface area contributed by atoms with Crippen LogP contribution in [0.1, 0.15) is 19.4 Å². The van der Waals surface area contributed by atoms with E-state index in [2.05, 4.69) is 0 Å². The van der Waals surface area contributed by atoms with E-state index >= 15 is 0 Å². The SMILES string of the molecule is CCOC(=O)/C(=C/c1ccccc1)[C@@H](C)N. The molecule has 0 radical (unpaired) electrons. The van der Waals surface area contributed by atoms with E-state index in [0.29, 0.717) is 12.2 Å². The molecule has 0 aliphatic heterocycles. The number of hydrogen-bond acceptors (Lipinski definition) is 3. The second kappa shape index (κ2) is 6.08. The fourth-order valence-electron chi connectivity index (χ4n) is 1.32. The number of esters is 1. The molecule has 0 saturated heterocycles. The molecule has 1 atom stereocenters. The highest BCUT2D eigenvalue weighted by Gasteiger charge is 2.14. The molecule has 1 rings (SSSR count). The van der Waals surface area contributed by atoms with Crippen molar-refractivity contribution in [2.24, 2.45) is 5.73 Å². The molecule has 2 N–H and O–H groups in total. The predicted molar refractivity (Wildman–Crippen MR) is 64.7 cm³/mol. The number of nitrogens with two attached hydrogens (primary N) is 1. The Morgan fingerprint density at radius 1 is 1.44 bits per heavy atom. The van der Waals surface area contributed by atoms with E-state index in [4.69, 9.17) is 10.5 Å². The lowest BCUT2D eigenvalue weighted by Crippen LogP contribution is -2.25. The second-order valence-electron chi connectivity index (χ2n) is 3.52. The van der Waals surface area contributed by atoms with Crippen molar-refractivity contribution in [3.8, 4) is 0 Å². The lowest BCUT2D eigenvalue weighted by molar-refractivity contribution is -0.138. The molecule has 0 fully saturated rings. The zero-order chi connectivity index (χ0) is 12.0. The number of rotatable bonds is 4. The fraction of sp³-hybridized carbons (Fsp3) is 0.308. The van der Waals surface area contributed by atoms with Gasteiger partial charge in [0.05, 0.1) is 12.2 Å². The summed E-state index contributed by atoms with van der Waals surface area (Å²) in [6.45, 7) is 3.91. The minimum absolute atomic E-state index is 0.334. The monoisotopic (exact) mass is 219 g/mol. The van der Waals surface area contributed by atoms with Gasteiger partial charge in [-0.25, -0.2) is 4.79 Å². The smallest absolute Gasteiger partial charge is 0.335 e. The molecule has 86 valence electrons. The maximum Gasteiger partial charge on any atom is 0.335 e. The Morgan fingerprint density at radius 3 is 2.56 bits per heavy atom. The van der Waals surface area contributed by atoms with Gasteiger partial charge < -0.3 is 10.5 Å². The van der Waals surface area contributed by atoms with Crippen LogP contribution in [0.5, 0.6) is 0 Å². The highest BCUT2D eigenvalue weighted by Crippen LogP contribution is 2.10. The Bertz CT molecular complexity index is 369. The molecule has 0 unspecified atom stereocenters. The van der Waals surface area contributed by atoms with Crippen LogP contribution in [0.4, 0.5) is 0 Å². The van der Waals surface area contributed by atoms with Gasteiger partial charge in [0.25, 0.3) is 0 Å². The molecule has 0 saturated carbocycles. The Morgan fingerprint density at radius 2 is 2.06 bits per heavy atom. The van der Waals surface area contributed by atoms with Gasteiger partial charge in [-0.15, -0.1) is 0 Å². The summed E-state index contributed by atoms with van der Waals surface area (Å²) < 4.78 is 4.95. The summed E-state index contributed by atoms with van der Waals surface area (Å²) in [5.74, 6) is -0.346. The van der Waals surface area contributed by atoms with Crippen LogP contribution in [0.15, 0.2) is 35.9 Å². The highest BCUT2D eigenvalue weighted by molar-refractivity contribution is 5.94. The van der Waals surface area contributed by atoms with Crippen molar-refractivity contribution < 1.29 is 9.53 Å². The minimum atomic E-state index is -0.346. The lowest BCUT2D eigenvalue weighted by Gasteiger charge is -2.10. The topological polar surface area (TPSA) is 52.3 Å². The largest absolute Gasteiger partial charge is 0.463 e. The molecular formula is C13H17NO2. The van der Waals surface area contributed by atoms with E-state index in [-0.39, 0.29) is 12.0 Å². The first-order valence-electron chi connectivity index (χ1n) is 5.34. The standard InChI is InChI=1S/C13H17NO2/c1-3-16-13(15)12(10(2)14)9-11-7-5-4-6-8-11/h4-10H,3,14H2,1-2H3/b12-9+/t10-/m1/s1. The van der Waals surface area contributed by atoms with Crippen molar-refractivity contribution in [3.63, 3.8) is 0 Å². The molecule has 1 aromatic rings. The van der Waals surface area contributed by atoms with Crippen LogP contribution >= 0.6 is 0 Å². The van der Waals surface area contributed by atoms with Gasteiger partial charge in [0.1, 0.15) is 0 Å². The van der Waals surface area contributed by atoms with Gasteiger partial charge in [-0.2, -0.15) is 0 Å². The molecule has 3 heteroatoms. The first-order chi connectivity index (χ1) is 7.65. The summed E-state index contributed by atoms with van der Waals surface area (Å²) in [5, 5.41) is 0. The Kier molecular flexibility index (Phi) is 4.73. The quantitative estimate of drug-likeness (QED) is 0.622.